The van der Waals surface area contributed by atoms with Gasteiger partial charge in [0.15, 0.2) is 0 Å². The fourth-order valence-electron chi connectivity index (χ4n) is 2.99. The number of alkyl halides is 1. The zero-order valence-electron chi connectivity index (χ0n) is 10.9. The Bertz CT molecular complexity index is 365. The summed E-state index contributed by atoms with van der Waals surface area (Å²) in [6.45, 7) is 2.00. The molecule has 0 saturated carbocycles. The summed E-state index contributed by atoms with van der Waals surface area (Å²) >= 11 is 5.94. The predicted molar refractivity (Wildman–Crippen MR) is 75.0 cm³/mol. The van der Waals surface area contributed by atoms with Gasteiger partial charge in [-0.3, -0.25) is 4.39 Å². The molecule has 3 heteroatoms. The summed E-state index contributed by atoms with van der Waals surface area (Å²) in [7, 11) is 2.15. The van der Waals surface area contributed by atoms with Gasteiger partial charge in [-0.2, -0.15) is 0 Å². The molecule has 1 aromatic rings. The van der Waals surface area contributed by atoms with Crippen LogP contribution in [-0.4, -0.2) is 31.7 Å². The summed E-state index contributed by atoms with van der Waals surface area (Å²) in [5.74, 6) is 1.13. The normalized spacial score (nSPS) is 25.3. The Labute approximate surface area is 114 Å². The lowest BCUT2D eigenvalue weighted by Gasteiger charge is -2.37. The van der Waals surface area contributed by atoms with Crippen LogP contribution in [0, 0.1) is 5.92 Å². The molecule has 2 rings (SSSR count). The van der Waals surface area contributed by atoms with Gasteiger partial charge in [-0.1, -0.05) is 23.7 Å². The molecule has 0 radical (unpaired) electrons. The molecule has 1 aromatic carbocycles. The van der Waals surface area contributed by atoms with E-state index in [0.29, 0.717) is 18.3 Å². The average molecular weight is 270 g/mol. The third-order valence-electron chi connectivity index (χ3n) is 3.94. The first-order chi connectivity index (χ1) is 8.70. The van der Waals surface area contributed by atoms with Crippen LogP contribution >= 0.6 is 11.6 Å². The van der Waals surface area contributed by atoms with Gasteiger partial charge in [0.05, 0.1) is 6.67 Å². The minimum Gasteiger partial charge on any atom is -0.306 e. The van der Waals surface area contributed by atoms with Crippen LogP contribution in [0.5, 0.6) is 0 Å². The first-order valence-electron chi connectivity index (χ1n) is 6.70. The summed E-state index contributed by atoms with van der Waals surface area (Å²) in [6, 6.07) is 8.17. The second-order valence-corrected chi connectivity index (χ2v) is 5.74. The number of halogens is 2. The van der Waals surface area contributed by atoms with E-state index < -0.39 is 0 Å². The minimum atomic E-state index is -0.201. The molecule has 18 heavy (non-hydrogen) atoms. The second kappa shape index (κ2) is 6.53. The molecule has 1 heterocycles. The predicted octanol–water partition coefficient (Wildman–Crippen LogP) is 4.13. The van der Waals surface area contributed by atoms with E-state index in [4.69, 9.17) is 11.6 Å². The van der Waals surface area contributed by atoms with Gasteiger partial charge in [0.2, 0.25) is 0 Å². The van der Waals surface area contributed by atoms with Crippen molar-refractivity contribution in [1.82, 2.24) is 4.90 Å². The van der Waals surface area contributed by atoms with Gasteiger partial charge in [-0.25, -0.2) is 0 Å². The highest BCUT2D eigenvalue weighted by Gasteiger charge is 2.28. The Morgan fingerprint density at radius 1 is 1.33 bits per heavy atom. The van der Waals surface area contributed by atoms with Crippen LogP contribution in [0.25, 0.3) is 0 Å². The van der Waals surface area contributed by atoms with Crippen LogP contribution in [0.4, 0.5) is 4.39 Å². The molecule has 0 aromatic heterocycles. The van der Waals surface area contributed by atoms with Gasteiger partial charge in [-0.15, -0.1) is 0 Å². The zero-order valence-corrected chi connectivity index (χ0v) is 11.7. The maximum Gasteiger partial charge on any atom is 0.0894 e. The van der Waals surface area contributed by atoms with Crippen molar-refractivity contribution in [2.45, 2.75) is 25.2 Å². The highest BCUT2D eigenvalue weighted by molar-refractivity contribution is 6.30. The summed E-state index contributed by atoms with van der Waals surface area (Å²) in [5.41, 5.74) is 1.36. The number of piperidine rings is 1. The molecule has 1 saturated heterocycles. The van der Waals surface area contributed by atoms with Crippen molar-refractivity contribution in [3.63, 3.8) is 0 Å². The molecule has 1 aliphatic heterocycles. The van der Waals surface area contributed by atoms with Gasteiger partial charge in [0.1, 0.15) is 0 Å². The largest absolute Gasteiger partial charge is 0.306 e. The first-order valence-corrected chi connectivity index (χ1v) is 7.08. The maximum absolute atomic E-state index is 12.4. The molecule has 1 aliphatic rings. The molecule has 0 amide bonds. The van der Waals surface area contributed by atoms with Crippen molar-refractivity contribution in [3.05, 3.63) is 34.9 Å². The van der Waals surface area contributed by atoms with Crippen molar-refractivity contribution in [2.24, 2.45) is 5.92 Å². The Hall–Kier alpha value is -0.600. The number of hydrogen-bond acceptors (Lipinski definition) is 1. The number of benzene rings is 1. The Balaban J connectivity index is 2.09. The Kier molecular flexibility index (Phi) is 5.02. The van der Waals surface area contributed by atoms with Crippen molar-refractivity contribution in [3.8, 4) is 0 Å². The standard InChI is InChI=1S/C15H21ClFN/c1-18-10-8-15(13(11-18)3-2-9-17)12-4-6-14(16)7-5-12/h4-7,13,15H,2-3,8-11H2,1H3. The lowest BCUT2D eigenvalue weighted by molar-refractivity contribution is 0.171. The highest BCUT2D eigenvalue weighted by Crippen LogP contribution is 2.35. The van der Waals surface area contributed by atoms with E-state index in [0.717, 1.165) is 31.0 Å². The van der Waals surface area contributed by atoms with Crippen LogP contribution in [0.3, 0.4) is 0 Å². The molecule has 100 valence electrons. The molecular formula is C15H21ClFN. The molecule has 0 bridgehead atoms. The quantitative estimate of drug-likeness (QED) is 0.795. The summed E-state index contributed by atoms with van der Waals surface area (Å²) in [5, 5.41) is 0.784. The van der Waals surface area contributed by atoms with Gasteiger partial charge in [0.25, 0.3) is 0 Å². The SMILES string of the molecule is CN1CCC(c2ccc(Cl)cc2)C(CCCF)C1. The zero-order chi connectivity index (χ0) is 13.0. The number of likely N-dealkylation sites (tertiary alicyclic amines) is 1. The number of rotatable bonds is 4. The van der Waals surface area contributed by atoms with E-state index in [9.17, 15) is 4.39 Å². The summed E-state index contributed by atoms with van der Waals surface area (Å²) in [6.07, 6.45) is 2.83. The fourth-order valence-corrected chi connectivity index (χ4v) is 3.12. The van der Waals surface area contributed by atoms with Crippen LogP contribution in [0.1, 0.15) is 30.7 Å². The lowest BCUT2D eigenvalue weighted by atomic mass is 9.78. The van der Waals surface area contributed by atoms with Gasteiger partial charge in [-0.05, 0) is 62.4 Å². The van der Waals surface area contributed by atoms with Crippen LogP contribution in [-0.2, 0) is 0 Å². The molecule has 0 spiro atoms. The van der Waals surface area contributed by atoms with E-state index in [-0.39, 0.29) is 6.67 Å². The van der Waals surface area contributed by atoms with Gasteiger partial charge in [0, 0.05) is 11.6 Å². The van der Waals surface area contributed by atoms with Crippen molar-refractivity contribution in [2.75, 3.05) is 26.8 Å². The molecule has 1 nitrogen and oxygen atoms in total. The Morgan fingerprint density at radius 3 is 2.72 bits per heavy atom. The van der Waals surface area contributed by atoms with E-state index in [1.807, 2.05) is 12.1 Å². The lowest BCUT2D eigenvalue weighted by Crippen LogP contribution is -2.37. The van der Waals surface area contributed by atoms with Crippen molar-refractivity contribution in [1.29, 1.82) is 0 Å². The second-order valence-electron chi connectivity index (χ2n) is 5.30. The minimum absolute atomic E-state index is 0.201. The Morgan fingerprint density at radius 2 is 2.06 bits per heavy atom. The average Bonchev–Trinajstić information content (AvgIpc) is 2.38. The van der Waals surface area contributed by atoms with Crippen LogP contribution < -0.4 is 0 Å². The van der Waals surface area contributed by atoms with Crippen molar-refractivity contribution < 1.29 is 4.39 Å². The molecule has 0 aliphatic carbocycles. The van der Waals surface area contributed by atoms with E-state index in [1.54, 1.807) is 0 Å². The molecule has 2 unspecified atom stereocenters. The summed E-state index contributed by atoms with van der Waals surface area (Å²) in [4.78, 5) is 2.36. The number of hydrogen-bond donors (Lipinski definition) is 0. The topological polar surface area (TPSA) is 3.24 Å². The summed E-state index contributed by atoms with van der Waals surface area (Å²) < 4.78 is 12.4. The van der Waals surface area contributed by atoms with Gasteiger partial charge < -0.3 is 4.90 Å². The number of nitrogens with zero attached hydrogens (tertiary/aromatic N) is 1. The first kappa shape index (κ1) is 13.8. The monoisotopic (exact) mass is 269 g/mol. The molecular weight excluding hydrogens is 249 g/mol. The van der Waals surface area contributed by atoms with E-state index in [1.165, 1.54) is 5.56 Å². The van der Waals surface area contributed by atoms with E-state index >= 15 is 0 Å². The molecule has 0 N–H and O–H groups in total. The maximum atomic E-state index is 12.4. The van der Waals surface area contributed by atoms with Crippen LogP contribution in [0.2, 0.25) is 5.02 Å². The molecule has 1 fully saturated rings. The van der Waals surface area contributed by atoms with Crippen molar-refractivity contribution >= 4 is 11.6 Å². The van der Waals surface area contributed by atoms with Gasteiger partial charge >= 0.3 is 0 Å². The highest BCUT2D eigenvalue weighted by atomic mass is 35.5. The smallest absolute Gasteiger partial charge is 0.0894 e. The van der Waals surface area contributed by atoms with Crippen LogP contribution in [0.15, 0.2) is 24.3 Å². The third-order valence-corrected chi connectivity index (χ3v) is 4.20. The third kappa shape index (κ3) is 3.46. The molecule has 2 atom stereocenters. The van der Waals surface area contributed by atoms with E-state index in [2.05, 4.69) is 24.1 Å². The fraction of sp³-hybridized carbons (Fsp3) is 0.600.